The van der Waals surface area contributed by atoms with Gasteiger partial charge in [0.25, 0.3) is 0 Å². The molecule has 11 N–H and O–H groups in total. The molecule has 0 radical (unpaired) electrons. The smallest absolute Gasteiger partial charge is 0.125 e. The van der Waals surface area contributed by atoms with Crippen molar-refractivity contribution in [1.82, 2.24) is 0 Å². The van der Waals surface area contributed by atoms with Gasteiger partial charge in [0, 0.05) is 43.1 Å². The molecule has 0 aromatic heterocycles. The molecule has 0 aliphatic rings. The second kappa shape index (κ2) is 28.1. The molecular weight excluding hydrogens is 1140 g/mol. The molecule has 0 atom stereocenters. The van der Waals surface area contributed by atoms with Gasteiger partial charge < -0.3 is 56.2 Å². The summed E-state index contributed by atoms with van der Waals surface area (Å²) >= 11 is 0. The maximum absolute atomic E-state index is 10.8. The molecule has 0 unspecified atom stereocenters. The second-order valence-corrected chi connectivity index (χ2v) is 24.0. The van der Waals surface area contributed by atoms with Gasteiger partial charge in [-0.05, 0) is 222 Å². The van der Waals surface area contributed by atoms with E-state index in [-0.39, 0.29) is 63.6 Å². The molecule has 91 heavy (non-hydrogen) atoms. The van der Waals surface area contributed by atoms with Crippen molar-refractivity contribution in [3.8, 4) is 63.2 Å². The first-order valence-corrected chi connectivity index (χ1v) is 30.1. The first-order chi connectivity index (χ1) is 43.4. The quantitative estimate of drug-likeness (QED) is 0.0460. The van der Waals surface area contributed by atoms with Crippen LogP contribution in [0, 0.1) is 55.4 Å². The molecule has 0 heterocycles. The molecule has 0 bridgehead atoms. The van der Waals surface area contributed by atoms with Crippen LogP contribution >= 0.6 is 0 Å². The number of hydrogen-bond acceptors (Lipinski definition) is 11. The molecule has 0 saturated heterocycles. The molecule has 11 heteroatoms. The lowest BCUT2D eigenvalue weighted by Gasteiger charge is -2.22. The van der Waals surface area contributed by atoms with Crippen LogP contribution < -0.4 is 0 Å². The Morgan fingerprint density at radius 1 is 0.231 bits per heavy atom. The van der Waals surface area contributed by atoms with E-state index in [0.29, 0.717) is 42.7 Å². The predicted molar refractivity (Wildman–Crippen MR) is 360 cm³/mol. The van der Waals surface area contributed by atoms with Crippen molar-refractivity contribution in [2.75, 3.05) is 0 Å². The van der Waals surface area contributed by atoms with Crippen LogP contribution in [0.3, 0.4) is 0 Å². The third-order valence-electron chi connectivity index (χ3n) is 16.7. The van der Waals surface area contributed by atoms with Gasteiger partial charge in [-0.1, -0.05) is 150 Å². The van der Waals surface area contributed by atoms with Crippen molar-refractivity contribution in [3.05, 3.63) is 323 Å². The minimum absolute atomic E-state index is 0.0824. The van der Waals surface area contributed by atoms with Crippen molar-refractivity contribution < 1.29 is 56.2 Å². The van der Waals surface area contributed by atoms with E-state index in [2.05, 4.69) is 24.3 Å². The van der Waals surface area contributed by atoms with Crippen LogP contribution in [0.1, 0.15) is 134 Å². The zero-order chi connectivity index (χ0) is 65.4. The zero-order valence-corrected chi connectivity index (χ0v) is 52.5. The molecule has 11 nitrogen and oxygen atoms in total. The second-order valence-electron chi connectivity index (χ2n) is 24.0. The molecule has 11 aromatic rings. The molecule has 0 spiro atoms. The number of rotatable bonds is 14. The Labute approximate surface area is 532 Å². The summed E-state index contributed by atoms with van der Waals surface area (Å²) in [5.74, 6) is 2.13. The summed E-state index contributed by atoms with van der Waals surface area (Å²) in [4.78, 5) is 0. The largest absolute Gasteiger partial charge is 0.508 e. The molecule has 0 aliphatic carbocycles. The fourth-order valence-electron chi connectivity index (χ4n) is 12.0. The molecule has 11 rings (SSSR count). The standard InChI is InChI=1S/C32H26O4.C25H28O4.C23H24O3/c33-27-13-5-23(6-14-27)31(24-7-15-28(34)16-8-24)21-1-2-22(4-3-21)32(25-9-17-29(35)18-10-25)26-11-19-30(36)20-12-26;1-13-6-18(7-14(2)22(13)26)10-20-12-21(25(29)17(5)24(20)28)11-19-8-15(3)23(27)16(4)9-19;1-14-4-6-21(24)17(8-14)12-19-10-16(3)11-20(23(19)26)13-18-9-15(2)5-7-22(18)25/h1-20,31-36H;6-9,12,26-29H,10-11H2,1-5H3;4-11,24-26H,12-13H2,1-3H3. The van der Waals surface area contributed by atoms with Crippen LogP contribution in [0.5, 0.6) is 63.2 Å². The lowest BCUT2D eigenvalue weighted by molar-refractivity contribution is 0.435. The van der Waals surface area contributed by atoms with Gasteiger partial charge in [-0.2, -0.15) is 0 Å². The van der Waals surface area contributed by atoms with Gasteiger partial charge in [0.1, 0.15) is 63.2 Å². The van der Waals surface area contributed by atoms with Crippen LogP contribution in [0.4, 0.5) is 0 Å². The van der Waals surface area contributed by atoms with Crippen LogP contribution in [-0.4, -0.2) is 56.2 Å². The maximum Gasteiger partial charge on any atom is 0.125 e. The average Bonchev–Trinajstić information content (AvgIpc) is 1.86. The molecule has 464 valence electrons. The van der Waals surface area contributed by atoms with E-state index in [1.54, 1.807) is 67.6 Å². The van der Waals surface area contributed by atoms with Crippen molar-refractivity contribution in [2.24, 2.45) is 0 Å². The fourth-order valence-corrected chi connectivity index (χ4v) is 12.0. The summed E-state index contributed by atoms with van der Waals surface area (Å²) in [5.41, 5.74) is 19.6. The summed E-state index contributed by atoms with van der Waals surface area (Å²) in [6, 6.07) is 61.5. The Kier molecular flexibility index (Phi) is 20.0. The predicted octanol–water partition coefficient (Wildman–Crippen LogP) is 17.0. The van der Waals surface area contributed by atoms with Gasteiger partial charge in [-0.3, -0.25) is 0 Å². The Hall–Kier alpha value is -10.8. The van der Waals surface area contributed by atoms with E-state index in [4.69, 9.17) is 0 Å². The zero-order valence-electron chi connectivity index (χ0n) is 52.5. The highest BCUT2D eigenvalue weighted by atomic mass is 16.3. The van der Waals surface area contributed by atoms with Gasteiger partial charge in [-0.15, -0.1) is 0 Å². The molecule has 0 amide bonds. The van der Waals surface area contributed by atoms with Crippen LogP contribution in [0.25, 0.3) is 0 Å². The van der Waals surface area contributed by atoms with Gasteiger partial charge in [-0.25, -0.2) is 0 Å². The SMILES string of the molecule is Cc1cc(Cc2cc(Cc3cc(C)c(O)c(C)c3)c(O)c(C)c2O)cc(C)c1O.Cc1ccc(O)c(Cc2cc(C)cc(Cc3cc(C)ccc3O)c2O)c1.Oc1ccc(C(c2ccc(O)cc2)c2ccc(C(c3ccc(O)cc3)c3ccc(O)cc3)cc2)cc1. The Morgan fingerprint density at radius 2 is 0.484 bits per heavy atom. The fraction of sp³-hybridized carbons (Fsp3) is 0.175. The topological polar surface area (TPSA) is 223 Å². The van der Waals surface area contributed by atoms with Crippen molar-refractivity contribution in [2.45, 2.75) is 92.9 Å². The highest BCUT2D eigenvalue weighted by molar-refractivity contribution is 5.58. The minimum Gasteiger partial charge on any atom is -0.508 e. The molecule has 0 fully saturated rings. The van der Waals surface area contributed by atoms with E-state index < -0.39 is 0 Å². The average molecular weight is 1220 g/mol. The van der Waals surface area contributed by atoms with E-state index in [1.807, 2.05) is 164 Å². The van der Waals surface area contributed by atoms with Crippen molar-refractivity contribution in [3.63, 3.8) is 0 Å². The highest BCUT2D eigenvalue weighted by Crippen LogP contribution is 2.41. The van der Waals surface area contributed by atoms with E-state index in [0.717, 1.165) is 117 Å². The number of aryl methyl sites for hydroxylation is 7. The van der Waals surface area contributed by atoms with Crippen molar-refractivity contribution >= 4 is 0 Å². The Bertz CT molecular complexity index is 3950. The third-order valence-corrected chi connectivity index (χ3v) is 16.7. The van der Waals surface area contributed by atoms with Crippen LogP contribution in [0.2, 0.25) is 0 Å². The first kappa shape index (κ1) is 64.7. The van der Waals surface area contributed by atoms with Gasteiger partial charge >= 0.3 is 0 Å². The van der Waals surface area contributed by atoms with Gasteiger partial charge in [0.05, 0.1) is 0 Å². The monoisotopic (exact) mass is 1210 g/mol. The summed E-state index contributed by atoms with van der Waals surface area (Å²) in [7, 11) is 0. The summed E-state index contributed by atoms with van der Waals surface area (Å²) < 4.78 is 0. The number of benzene rings is 11. The van der Waals surface area contributed by atoms with E-state index >= 15 is 0 Å². The lowest BCUT2D eigenvalue weighted by Crippen LogP contribution is -2.06. The number of aromatic hydroxyl groups is 11. The normalized spacial score (nSPS) is 11.1. The number of phenols is 11. The van der Waals surface area contributed by atoms with Gasteiger partial charge in [0.2, 0.25) is 0 Å². The van der Waals surface area contributed by atoms with Crippen molar-refractivity contribution in [1.29, 1.82) is 0 Å². The molecule has 0 aliphatic heterocycles. The van der Waals surface area contributed by atoms with E-state index in [1.165, 1.54) is 0 Å². The van der Waals surface area contributed by atoms with Crippen LogP contribution in [-0.2, 0) is 25.7 Å². The maximum atomic E-state index is 10.8. The number of hydrogen-bond donors (Lipinski definition) is 11. The molecular formula is C80H78O11. The first-order valence-electron chi connectivity index (χ1n) is 30.1. The summed E-state index contributed by atoms with van der Waals surface area (Å²) in [6.45, 7) is 15.1. The molecule has 11 aromatic carbocycles. The van der Waals surface area contributed by atoms with Crippen LogP contribution in [0.15, 0.2) is 200 Å². The lowest BCUT2D eigenvalue weighted by atomic mass is 9.81. The Morgan fingerprint density at radius 3 is 0.769 bits per heavy atom. The summed E-state index contributed by atoms with van der Waals surface area (Å²) in [5, 5.41) is 111. The number of phenolic OH excluding ortho intramolecular Hbond substituents is 11. The minimum atomic E-state index is -0.0824. The molecule has 0 saturated carbocycles. The Balaban J connectivity index is 0.000000164. The third kappa shape index (κ3) is 15.7. The summed E-state index contributed by atoms with van der Waals surface area (Å²) in [6.07, 6.45) is 1.90. The van der Waals surface area contributed by atoms with E-state index in [9.17, 15) is 56.2 Å². The van der Waals surface area contributed by atoms with Gasteiger partial charge in [0.15, 0.2) is 0 Å². The highest BCUT2D eigenvalue weighted by Gasteiger charge is 2.22.